The number of carbonyl (C=O) groups excluding carboxylic acids is 1. The van der Waals surface area contributed by atoms with Crippen molar-refractivity contribution in [1.82, 2.24) is 4.98 Å². The second-order valence-electron chi connectivity index (χ2n) is 4.72. The van der Waals surface area contributed by atoms with Gasteiger partial charge >= 0.3 is 0 Å². The van der Waals surface area contributed by atoms with Crippen LogP contribution in [0.25, 0.3) is 10.2 Å². The van der Waals surface area contributed by atoms with Gasteiger partial charge in [0.1, 0.15) is 21.2 Å². The maximum absolute atomic E-state index is 12.5. The summed E-state index contributed by atoms with van der Waals surface area (Å²) in [5.41, 5.74) is 7.16. The Morgan fingerprint density at radius 2 is 1.91 bits per heavy atom. The predicted octanol–water partition coefficient (Wildman–Crippen LogP) is 3.15. The lowest BCUT2D eigenvalue weighted by atomic mass is 10.2. The molecule has 0 atom stereocenters. The van der Waals surface area contributed by atoms with Crippen molar-refractivity contribution in [3.05, 3.63) is 41.4 Å². The van der Waals surface area contributed by atoms with Crippen LogP contribution in [0, 0.1) is 0 Å². The molecule has 0 fully saturated rings. The molecule has 0 aliphatic carbocycles. The zero-order valence-corrected chi connectivity index (χ0v) is 13.4. The van der Waals surface area contributed by atoms with Crippen LogP contribution in [0.15, 0.2) is 36.5 Å². The number of amides is 1. The molecule has 3 aromatic rings. The van der Waals surface area contributed by atoms with Crippen molar-refractivity contribution in [3.8, 4) is 11.5 Å². The standard InChI is InChI=1S/C16H15N3O3S/c1-21-10-5-3-9(4-6-10)19-15(20)14-13(17)12-11(22-2)7-8-18-16(12)23-14/h3-8H,17H2,1-2H3,(H,19,20). The van der Waals surface area contributed by atoms with Gasteiger partial charge in [-0.3, -0.25) is 4.79 Å². The average molecular weight is 329 g/mol. The molecule has 0 radical (unpaired) electrons. The monoisotopic (exact) mass is 329 g/mol. The lowest BCUT2D eigenvalue weighted by molar-refractivity contribution is 0.103. The molecule has 6 nitrogen and oxygen atoms in total. The van der Waals surface area contributed by atoms with Gasteiger partial charge in [-0.25, -0.2) is 4.98 Å². The van der Waals surface area contributed by atoms with E-state index >= 15 is 0 Å². The van der Waals surface area contributed by atoms with Gasteiger partial charge < -0.3 is 20.5 Å². The van der Waals surface area contributed by atoms with Crippen molar-refractivity contribution in [1.29, 1.82) is 0 Å². The molecule has 0 saturated heterocycles. The third-order valence-electron chi connectivity index (χ3n) is 3.36. The molecule has 2 heterocycles. The minimum atomic E-state index is -0.280. The van der Waals surface area contributed by atoms with Crippen LogP contribution in [0.5, 0.6) is 11.5 Å². The number of benzene rings is 1. The second-order valence-corrected chi connectivity index (χ2v) is 5.72. The Morgan fingerprint density at radius 1 is 1.17 bits per heavy atom. The van der Waals surface area contributed by atoms with Gasteiger partial charge in [0.05, 0.1) is 25.3 Å². The number of thiophene rings is 1. The van der Waals surface area contributed by atoms with Crippen LogP contribution >= 0.6 is 11.3 Å². The van der Waals surface area contributed by atoms with E-state index in [2.05, 4.69) is 10.3 Å². The number of nitrogens with zero attached hydrogens (tertiary/aromatic N) is 1. The number of pyridine rings is 1. The minimum Gasteiger partial charge on any atom is -0.497 e. The lowest BCUT2D eigenvalue weighted by Crippen LogP contribution is -2.11. The van der Waals surface area contributed by atoms with E-state index in [9.17, 15) is 4.79 Å². The van der Waals surface area contributed by atoms with Crippen LogP contribution in [0.2, 0.25) is 0 Å². The summed E-state index contributed by atoms with van der Waals surface area (Å²) in [6.45, 7) is 0. The maximum Gasteiger partial charge on any atom is 0.267 e. The van der Waals surface area contributed by atoms with Crippen molar-refractivity contribution < 1.29 is 14.3 Å². The molecule has 0 spiro atoms. The fourth-order valence-electron chi connectivity index (χ4n) is 2.22. The highest BCUT2D eigenvalue weighted by Gasteiger charge is 2.20. The number of anilines is 2. The Labute approximate surface area is 136 Å². The van der Waals surface area contributed by atoms with Gasteiger partial charge in [-0.1, -0.05) is 0 Å². The molecule has 118 valence electrons. The van der Waals surface area contributed by atoms with Crippen molar-refractivity contribution in [2.75, 3.05) is 25.3 Å². The third-order valence-corrected chi connectivity index (χ3v) is 4.48. The number of rotatable bonds is 4. The molecule has 0 aliphatic rings. The van der Waals surface area contributed by atoms with E-state index in [0.717, 1.165) is 5.75 Å². The zero-order valence-electron chi connectivity index (χ0n) is 12.6. The first-order chi connectivity index (χ1) is 11.1. The molecule has 23 heavy (non-hydrogen) atoms. The average Bonchev–Trinajstić information content (AvgIpc) is 2.93. The van der Waals surface area contributed by atoms with Gasteiger partial charge in [-0.15, -0.1) is 11.3 Å². The number of fused-ring (bicyclic) bond motifs is 1. The second kappa shape index (κ2) is 6.13. The van der Waals surface area contributed by atoms with Gasteiger partial charge in [-0.2, -0.15) is 0 Å². The van der Waals surface area contributed by atoms with E-state index in [1.165, 1.54) is 11.3 Å². The van der Waals surface area contributed by atoms with Gasteiger partial charge in [0, 0.05) is 11.9 Å². The summed E-state index contributed by atoms with van der Waals surface area (Å²) in [4.78, 5) is 17.8. The van der Waals surface area contributed by atoms with Crippen molar-refractivity contribution in [2.45, 2.75) is 0 Å². The first kappa shape index (κ1) is 15.1. The molecule has 2 aromatic heterocycles. The molecule has 3 rings (SSSR count). The molecule has 0 aliphatic heterocycles. The molecular formula is C16H15N3O3S. The van der Waals surface area contributed by atoms with E-state index in [-0.39, 0.29) is 5.91 Å². The van der Waals surface area contributed by atoms with E-state index in [4.69, 9.17) is 15.2 Å². The highest BCUT2D eigenvalue weighted by molar-refractivity contribution is 7.21. The first-order valence-corrected chi connectivity index (χ1v) is 7.62. The Balaban J connectivity index is 1.93. The van der Waals surface area contributed by atoms with Crippen LogP contribution in [-0.2, 0) is 0 Å². The lowest BCUT2D eigenvalue weighted by Gasteiger charge is -2.06. The predicted molar refractivity (Wildman–Crippen MR) is 91.5 cm³/mol. The summed E-state index contributed by atoms with van der Waals surface area (Å²) in [5, 5.41) is 3.48. The van der Waals surface area contributed by atoms with Crippen LogP contribution in [0.3, 0.4) is 0 Å². The van der Waals surface area contributed by atoms with Crippen molar-refractivity contribution >= 4 is 38.8 Å². The van der Waals surface area contributed by atoms with Crippen LogP contribution in [0.1, 0.15) is 9.67 Å². The SMILES string of the molecule is COc1ccc(NC(=O)c2sc3nccc(OC)c3c2N)cc1. The number of ether oxygens (including phenoxy) is 2. The number of nitrogens with two attached hydrogens (primary N) is 1. The largest absolute Gasteiger partial charge is 0.497 e. The first-order valence-electron chi connectivity index (χ1n) is 6.80. The topological polar surface area (TPSA) is 86.5 Å². The van der Waals surface area contributed by atoms with E-state index < -0.39 is 0 Å². The van der Waals surface area contributed by atoms with E-state index in [1.807, 2.05) is 0 Å². The smallest absolute Gasteiger partial charge is 0.267 e. The van der Waals surface area contributed by atoms with Gasteiger partial charge in [0.15, 0.2) is 0 Å². The third kappa shape index (κ3) is 2.78. The highest BCUT2D eigenvalue weighted by Crippen LogP contribution is 2.38. The summed E-state index contributed by atoms with van der Waals surface area (Å²) in [7, 11) is 3.15. The zero-order chi connectivity index (χ0) is 16.4. The fraction of sp³-hybridized carbons (Fsp3) is 0.125. The minimum absolute atomic E-state index is 0.280. The van der Waals surface area contributed by atoms with Crippen molar-refractivity contribution in [2.24, 2.45) is 0 Å². The molecule has 0 saturated carbocycles. The van der Waals surface area contributed by atoms with Crippen LogP contribution < -0.4 is 20.5 Å². The number of hydrogen-bond acceptors (Lipinski definition) is 6. The summed E-state index contributed by atoms with van der Waals surface area (Å²) in [5.74, 6) is 1.04. The highest BCUT2D eigenvalue weighted by atomic mass is 32.1. The molecule has 0 unspecified atom stereocenters. The number of aromatic nitrogens is 1. The summed E-state index contributed by atoms with van der Waals surface area (Å²) < 4.78 is 10.4. The van der Waals surface area contributed by atoms with Gasteiger partial charge in [0.2, 0.25) is 0 Å². The van der Waals surface area contributed by atoms with Gasteiger partial charge in [0.25, 0.3) is 5.91 Å². The Bertz CT molecular complexity index is 859. The Kier molecular flexibility index (Phi) is 4.03. The number of methoxy groups -OCH3 is 2. The van der Waals surface area contributed by atoms with E-state index in [1.54, 1.807) is 50.7 Å². The van der Waals surface area contributed by atoms with E-state index in [0.29, 0.717) is 32.2 Å². The number of nitrogen functional groups attached to an aromatic ring is 1. The van der Waals surface area contributed by atoms with Crippen molar-refractivity contribution in [3.63, 3.8) is 0 Å². The molecule has 0 bridgehead atoms. The summed E-state index contributed by atoms with van der Waals surface area (Å²) in [6.07, 6.45) is 1.63. The Hall–Kier alpha value is -2.80. The maximum atomic E-state index is 12.5. The quantitative estimate of drug-likeness (QED) is 0.768. The molecular weight excluding hydrogens is 314 g/mol. The normalized spacial score (nSPS) is 10.5. The van der Waals surface area contributed by atoms with Crippen LogP contribution in [0.4, 0.5) is 11.4 Å². The number of hydrogen-bond donors (Lipinski definition) is 2. The number of nitrogens with one attached hydrogen (secondary N) is 1. The summed E-state index contributed by atoms with van der Waals surface area (Å²) in [6, 6.07) is 8.79. The Morgan fingerprint density at radius 3 is 2.57 bits per heavy atom. The van der Waals surface area contributed by atoms with Crippen LogP contribution in [-0.4, -0.2) is 25.1 Å². The molecule has 7 heteroatoms. The van der Waals surface area contributed by atoms with Gasteiger partial charge in [-0.05, 0) is 30.3 Å². The molecule has 1 amide bonds. The molecule has 1 aromatic carbocycles. The summed E-state index contributed by atoms with van der Waals surface area (Å²) >= 11 is 1.24. The number of carbonyl (C=O) groups is 1. The fourth-order valence-corrected chi connectivity index (χ4v) is 3.19. The molecule has 3 N–H and O–H groups in total.